The lowest BCUT2D eigenvalue weighted by atomic mass is 9.66. The first-order valence-electron chi connectivity index (χ1n) is 6.88. The summed E-state index contributed by atoms with van der Waals surface area (Å²) in [6.45, 7) is 6.78. The van der Waals surface area contributed by atoms with Crippen molar-refractivity contribution in [3.05, 3.63) is 11.6 Å². The lowest BCUT2D eigenvalue weighted by molar-refractivity contribution is 0.00199. The van der Waals surface area contributed by atoms with Crippen LogP contribution in [-0.2, 0) is 0 Å². The van der Waals surface area contributed by atoms with Crippen molar-refractivity contribution in [1.82, 2.24) is 0 Å². The predicted octanol–water partition coefficient (Wildman–Crippen LogP) is 2.89. The Bertz CT molecular complexity index is 323. The number of aliphatic hydroxyl groups excluding tert-OH is 2. The van der Waals surface area contributed by atoms with Crippen LogP contribution in [0, 0.1) is 16.7 Å². The average molecular weight is 238 g/mol. The summed E-state index contributed by atoms with van der Waals surface area (Å²) < 4.78 is 0. The fraction of sp³-hybridized carbons (Fsp3) is 0.867. The Balaban J connectivity index is 2.05. The normalized spacial score (nSPS) is 45.6. The van der Waals surface area contributed by atoms with Crippen molar-refractivity contribution in [2.75, 3.05) is 6.61 Å². The Hall–Kier alpha value is -0.340. The van der Waals surface area contributed by atoms with Crippen molar-refractivity contribution in [1.29, 1.82) is 0 Å². The van der Waals surface area contributed by atoms with E-state index in [0.29, 0.717) is 11.3 Å². The molecule has 0 aromatic heterocycles. The predicted molar refractivity (Wildman–Crippen MR) is 69.6 cm³/mol. The highest BCUT2D eigenvalue weighted by Crippen LogP contribution is 2.67. The molecule has 2 saturated carbocycles. The highest BCUT2D eigenvalue weighted by Gasteiger charge is 2.62. The standard InChI is InChI=1S/C15H26O2/c1-11(10-16)5-4-7-14(2)12-6-8-15(14,3)13(17)9-12/h5,12-13,16-17H,4,6-10H2,1-3H3/t12-,13-,14+,15+/m0/s1. The molecule has 0 aromatic rings. The van der Waals surface area contributed by atoms with Gasteiger partial charge >= 0.3 is 0 Å². The van der Waals surface area contributed by atoms with E-state index in [-0.39, 0.29) is 18.1 Å². The highest BCUT2D eigenvalue weighted by atomic mass is 16.3. The summed E-state index contributed by atoms with van der Waals surface area (Å²) in [7, 11) is 0. The summed E-state index contributed by atoms with van der Waals surface area (Å²) in [6.07, 6.45) is 7.68. The van der Waals surface area contributed by atoms with Gasteiger partial charge < -0.3 is 10.2 Å². The Morgan fingerprint density at radius 2 is 2.12 bits per heavy atom. The van der Waals surface area contributed by atoms with Crippen LogP contribution in [0.2, 0.25) is 0 Å². The van der Waals surface area contributed by atoms with Gasteiger partial charge in [-0.05, 0) is 55.8 Å². The molecule has 0 heterocycles. The van der Waals surface area contributed by atoms with Crippen LogP contribution in [0.25, 0.3) is 0 Å². The molecule has 2 aliphatic carbocycles. The van der Waals surface area contributed by atoms with Crippen LogP contribution in [0.4, 0.5) is 0 Å². The van der Waals surface area contributed by atoms with E-state index in [2.05, 4.69) is 19.9 Å². The van der Waals surface area contributed by atoms with Gasteiger partial charge in [0.2, 0.25) is 0 Å². The van der Waals surface area contributed by atoms with Crippen molar-refractivity contribution < 1.29 is 10.2 Å². The molecule has 0 unspecified atom stereocenters. The van der Waals surface area contributed by atoms with Crippen LogP contribution >= 0.6 is 0 Å². The Morgan fingerprint density at radius 3 is 2.59 bits per heavy atom. The van der Waals surface area contributed by atoms with Gasteiger partial charge in [-0.15, -0.1) is 0 Å². The van der Waals surface area contributed by atoms with Gasteiger partial charge in [-0.25, -0.2) is 0 Å². The van der Waals surface area contributed by atoms with E-state index < -0.39 is 0 Å². The first-order valence-corrected chi connectivity index (χ1v) is 6.88. The van der Waals surface area contributed by atoms with E-state index in [9.17, 15) is 5.11 Å². The minimum Gasteiger partial charge on any atom is -0.393 e. The summed E-state index contributed by atoms with van der Waals surface area (Å²) in [5.41, 5.74) is 1.47. The Labute approximate surface area is 105 Å². The Kier molecular flexibility index (Phi) is 3.39. The molecule has 2 nitrogen and oxygen atoms in total. The third kappa shape index (κ3) is 1.86. The molecule has 17 heavy (non-hydrogen) atoms. The zero-order valence-electron chi connectivity index (χ0n) is 11.4. The molecule has 2 heteroatoms. The van der Waals surface area contributed by atoms with Crippen LogP contribution in [0.1, 0.15) is 52.9 Å². The zero-order valence-corrected chi connectivity index (χ0v) is 11.4. The maximum atomic E-state index is 10.2. The maximum absolute atomic E-state index is 10.2. The van der Waals surface area contributed by atoms with Gasteiger partial charge in [-0.2, -0.15) is 0 Å². The molecule has 0 aliphatic heterocycles. The van der Waals surface area contributed by atoms with Gasteiger partial charge in [0.25, 0.3) is 0 Å². The van der Waals surface area contributed by atoms with Crippen molar-refractivity contribution >= 4 is 0 Å². The molecular weight excluding hydrogens is 212 g/mol. The molecule has 2 rings (SSSR count). The number of fused-ring (bicyclic) bond motifs is 2. The third-order valence-electron chi connectivity index (χ3n) is 5.87. The van der Waals surface area contributed by atoms with E-state index in [0.717, 1.165) is 24.8 Å². The van der Waals surface area contributed by atoms with Crippen LogP contribution < -0.4 is 0 Å². The van der Waals surface area contributed by atoms with Crippen molar-refractivity contribution in [3.63, 3.8) is 0 Å². The molecule has 0 saturated heterocycles. The van der Waals surface area contributed by atoms with Gasteiger partial charge in [0.15, 0.2) is 0 Å². The first kappa shape index (κ1) is 13.1. The quantitative estimate of drug-likeness (QED) is 0.739. The molecule has 0 aromatic carbocycles. The second-order valence-electron chi connectivity index (χ2n) is 6.57. The van der Waals surface area contributed by atoms with E-state index in [1.807, 2.05) is 6.92 Å². The van der Waals surface area contributed by atoms with Crippen LogP contribution in [0.3, 0.4) is 0 Å². The minimum atomic E-state index is -0.103. The van der Waals surface area contributed by atoms with E-state index in [4.69, 9.17) is 5.11 Å². The monoisotopic (exact) mass is 238 g/mol. The summed E-state index contributed by atoms with van der Waals surface area (Å²) in [6, 6.07) is 0. The fourth-order valence-electron chi connectivity index (χ4n) is 4.17. The van der Waals surface area contributed by atoms with Gasteiger partial charge in [-0.1, -0.05) is 25.5 Å². The summed E-state index contributed by atoms with van der Waals surface area (Å²) in [4.78, 5) is 0. The maximum Gasteiger partial charge on any atom is 0.0639 e. The molecule has 98 valence electrons. The van der Waals surface area contributed by atoms with Gasteiger partial charge in [0.1, 0.15) is 0 Å². The number of allylic oxidation sites excluding steroid dienone is 1. The smallest absolute Gasteiger partial charge is 0.0639 e. The van der Waals surface area contributed by atoms with Crippen molar-refractivity contribution in [2.24, 2.45) is 16.7 Å². The molecule has 4 atom stereocenters. The average Bonchev–Trinajstić information content (AvgIpc) is 2.64. The lowest BCUT2D eigenvalue weighted by Gasteiger charge is -2.40. The molecule has 0 radical (unpaired) electrons. The van der Waals surface area contributed by atoms with Gasteiger partial charge in [0.05, 0.1) is 12.7 Å². The topological polar surface area (TPSA) is 40.5 Å². The van der Waals surface area contributed by atoms with E-state index in [1.54, 1.807) is 0 Å². The number of aliphatic hydroxyl groups is 2. The van der Waals surface area contributed by atoms with Gasteiger partial charge in [0, 0.05) is 0 Å². The lowest BCUT2D eigenvalue weighted by Crippen LogP contribution is -2.37. The molecule has 2 aliphatic rings. The zero-order chi connectivity index (χ0) is 12.7. The SMILES string of the molecule is CC(=CCC[C@]1(C)[C@H]2CC[C@]1(C)[C@@H](O)C2)CO. The largest absolute Gasteiger partial charge is 0.393 e. The third-order valence-corrected chi connectivity index (χ3v) is 5.87. The molecule has 2 bridgehead atoms. The fourth-order valence-corrected chi connectivity index (χ4v) is 4.17. The first-order chi connectivity index (χ1) is 7.94. The molecule has 2 N–H and O–H groups in total. The minimum absolute atomic E-state index is 0.103. The summed E-state index contributed by atoms with van der Waals surface area (Å²) >= 11 is 0. The Morgan fingerprint density at radius 1 is 1.41 bits per heavy atom. The number of rotatable bonds is 4. The second kappa shape index (κ2) is 4.40. The van der Waals surface area contributed by atoms with Crippen molar-refractivity contribution in [2.45, 2.75) is 59.0 Å². The summed E-state index contributed by atoms with van der Waals surface area (Å²) in [5.74, 6) is 0.699. The van der Waals surface area contributed by atoms with Crippen molar-refractivity contribution in [3.8, 4) is 0 Å². The van der Waals surface area contributed by atoms with E-state index >= 15 is 0 Å². The number of hydrogen-bond acceptors (Lipinski definition) is 2. The summed E-state index contributed by atoms with van der Waals surface area (Å²) in [5, 5.41) is 19.2. The molecule has 0 amide bonds. The van der Waals surface area contributed by atoms with Crippen LogP contribution in [0.5, 0.6) is 0 Å². The second-order valence-corrected chi connectivity index (χ2v) is 6.57. The molecule has 0 spiro atoms. The number of hydrogen-bond donors (Lipinski definition) is 2. The molecular formula is C15H26O2. The van der Waals surface area contributed by atoms with Crippen LogP contribution in [0.15, 0.2) is 11.6 Å². The van der Waals surface area contributed by atoms with Crippen LogP contribution in [-0.4, -0.2) is 22.9 Å². The van der Waals surface area contributed by atoms with E-state index in [1.165, 1.54) is 12.8 Å². The molecule has 2 fully saturated rings. The highest BCUT2D eigenvalue weighted by molar-refractivity contribution is 5.13. The van der Waals surface area contributed by atoms with Gasteiger partial charge in [-0.3, -0.25) is 0 Å².